The average Bonchev–Trinajstić information content (AvgIpc) is 3.12. The zero-order valence-electron chi connectivity index (χ0n) is 13.3. The van der Waals surface area contributed by atoms with Gasteiger partial charge in [0.2, 0.25) is 0 Å². The number of pyridine rings is 1. The molecule has 2 aromatic heterocycles. The maximum absolute atomic E-state index is 12.3. The second-order valence-corrected chi connectivity index (χ2v) is 5.83. The van der Waals surface area contributed by atoms with Gasteiger partial charge in [0.1, 0.15) is 5.69 Å². The number of amides is 1. The molecule has 0 aromatic carbocycles. The molecule has 0 saturated carbocycles. The standard InChI is InChI=1S/C17H20N4OS/c1-3-21(4-2)16(14-6-8-23-12-14)11-20-17(22)15-9-13(10-18)5-7-19-15/h5-9,12,16H,3-4,11H2,1-2H3,(H,20,22). The first kappa shape index (κ1) is 17.1. The molecule has 6 heteroatoms. The van der Waals surface area contributed by atoms with E-state index in [0.717, 1.165) is 13.1 Å². The summed E-state index contributed by atoms with van der Waals surface area (Å²) in [6.07, 6.45) is 1.48. The molecule has 23 heavy (non-hydrogen) atoms. The Morgan fingerprint density at radius 2 is 2.22 bits per heavy atom. The van der Waals surface area contributed by atoms with Crippen molar-refractivity contribution >= 4 is 17.2 Å². The lowest BCUT2D eigenvalue weighted by Crippen LogP contribution is -2.38. The molecule has 2 rings (SSSR count). The van der Waals surface area contributed by atoms with Crippen LogP contribution in [0.5, 0.6) is 0 Å². The van der Waals surface area contributed by atoms with Crippen molar-refractivity contribution in [3.8, 4) is 6.07 Å². The Bertz CT molecular complexity index is 674. The highest BCUT2D eigenvalue weighted by atomic mass is 32.1. The number of nitrogens with zero attached hydrogens (tertiary/aromatic N) is 3. The number of carbonyl (C=O) groups excluding carboxylic acids is 1. The molecule has 0 spiro atoms. The van der Waals surface area contributed by atoms with E-state index in [1.807, 2.05) is 11.4 Å². The second-order valence-electron chi connectivity index (χ2n) is 5.05. The van der Waals surface area contributed by atoms with Crippen LogP contribution in [0, 0.1) is 11.3 Å². The molecule has 0 aliphatic heterocycles. The van der Waals surface area contributed by atoms with Crippen molar-refractivity contribution in [1.29, 1.82) is 5.26 Å². The summed E-state index contributed by atoms with van der Waals surface area (Å²) in [6, 6.07) is 7.34. The van der Waals surface area contributed by atoms with Crippen LogP contribution in [0.15, 0.2) is 35.2 Å². The number of nitrogens with one attached hydrogen (secondary N) is 1. The number of aromatic nitrogens is 1. The third-order valence-corrected chi connectivity index (χ3v) is 4.46. The molecule has 1 amide bonds. The van der Waals surface area contributed by atoms with Crippen molar-refractivity contribution in [3.05, 3.63) is 52.0 Å². The summed E-state index contributed by atoms with van der Waals surface area (Å²) in [5, 5.41) is 16.0. The topological polar surface area (TPSA) is 69.0 Å². The van der Waals surface area contributed by atoms with E-state index in [-0.39, 0.29) is 17.6 Å². The largest absolute Gasteiger partial charge is 0.349 e. The van der Waals surface area contributed by atoms with Crippen LogP contribution >= 0.6 is 11.3 Å². The van der Waals surface area contributed by atoms with E-state index in [0.29, 0.717) is 12.1 Å². The van der Waals surface area contributed by atoms with Gasteiger partial charge in [0.15, 0.2) is 0 Å². The van der Waals surface area contributed by atoms with Crippen LogP contribution in [-0.2, 0) is 0 Å². The maximum atomic E-state index is 12.3. The van der Waals surface area contributed by atoms with E-state index in [1.54, 1.807) is 17.4 Å². The second kappa shape index (κ2) is 8.42. The fourth-order valence-corrected chi connectivity index (χ4v) is 3.20. The van der Waals surface area contributed by atoms with Gasteiger partial charge in [-0.3, -0.25) is 14.7 Å². The number of hydrogen-bond acceptors (Lipinski definition) is 5. The minimum absolute atomic E-state index is 0.138. The van der Waals surface area contributed by atoms with Crippen LogP contribution < -0.4 is 5.32 Å². The first-order chi connectivity index (χ1) is 11.2. The van der Waals surface area contributed by atoms with Crippen LogP contribution in [0.4, 0.5) is 0 Å². The first-order valence-corrected chi connectivity index (χ1v) is 8.54. The molecule has 0 bridgehead atoms. The highest BCUT2D eigenvalue weighted by molar-refractivity contribution is 7.07. The van der Waals surface area contributed by atoms with Crippen molar-refractivity contribution in [2.24, 2.45) is 0 Å². The molecular formula is C17H20N4OS. The number of hydrogen-bond donors (Lipinski definition) is 1. The third-order valence-electron chi connectivity index (χ3n) is 3.76. The van der Waals surface area contributed by atoms with E-state index >= 15 is 0 Å². The minimum atomic E-state index is -0.255. The van der Waals surface area contributed by atoms with Crippen molar-refractivity contribution in [1.82, 2.24) is 15.2 Å². The molecule has 0 aliphatic rings. The zero-order valence-corrected chi connectivity index (χ0v) is 14.1. The molecule has 0 radical (unpaired) electrons. The molecule has 1 N–H and O–H groups in total. The highest BCUT2D eigenvalue weighted by Crippen LogP contribution is 2.22. The summed E-state index contributed by atoms with van der Waals surface area (Å²) in [5.41, 5.74) is 1.91. The van der Waals surface area contributed by atoms with Crippen molar-refractivity contribution < 1.29 is 4.79 Å². The van der Waals surface area contributed by atoms with E-state index < -0.39 is 0 Å². The molecule has 120 valence electrons. The Balaban J connectivity index is 2.08. The van der Waals surface area contributed by atoms with Gasteiger partial charge >= 0.3 is 0 Å². The summed E-state index contributed by atoms with van der Waals surface area (Å²) >= 11 is 1.65. The number of nitriles is 1. The number of thiophene rings is 1. The summed E-state index contributed by atoms with van der Waals surface area (Å²) in [6.45, 7) is 6.56. The van der Waals surface area contributed by atoms with Gasteiger partial charge in [-0.05, 0) is 47.6 Å². The predicted octanol–water partition coefficient (Wildman–Crippen LogP) is 2.83. The molecule has 2 heterocycles. The molecule has 0 saturated heterocycles. The first-order valence-electron chi connectivity index (χ1n) is 7.60. The SMILES string of the molecule is CCN(CC)C(CNC(=O)c1cc(C#N)ccn1)c1ccsc1. The Morgan fingerprint density at radius 3 is 2.83 bits per heavy atom. The Labute approximate surface area is 140 Å². The smallest absolute Gasteiger partial charge is 0.269 e. The van der Waals surface area contributed by atoms with Gasteiger partial charge < -0.3 is 5.32 Å². The van der Waals surface area contributed by atoms with Gasteiger partial charge in [-0.25, -0.2) is 0 Å². The van der Waals surface area contributed by atoms with Crippen LogP contribution in [0.2, 0.25) is 0 Å². The Hall–Kier alpha value is -2.23. The quantitative estimate of drug-likeness (QED) is 0.848. The molecule has 1 unspecified atom stereocenters. The lowest BCUT2D eigenvalue weighted by molar-refractivity contribution is 0.0930. The number of likely N-dealkylation sites (N-methyl/N-ethyl adjacent to an activating group) is 1. The monoisotopic (exact) mass is 328 g/mol. The fourth-order valence-electron chi connectivity index (χ4n) is 2.49. The van der Waals surface area contributed by atoms with Crippen LogP contribution in [0.3, 0.4) is 0 Å². The van der Waals surface area contributed by atoms with Gasteiger partial charge in [-0.1, -0.05) is 13.8 Å². The predicted molar refractivity (Wildman–Crippen MR) is 91.3 cm³/mol. The van der Waals surface area contributed by atoms with E-state index in [4.69, 9.17) is 5.26 Å². The molecule has 0 aliphatic carbocycles. The summed E-state index contributed by atoms with van der Waals surface area (Å²) < 4.78 is 0. The zero-order chi connectivity index (χ0) is 16.7. The van der Waals surface area contributed by atoms with E-state index in [2.05, 4.69) is 40.5 Å². The van der Waals surface area contributed by atoms with Crippen LogP contribution in [0.25, 0.3) is 0 Å². The van der Waals surface area contributed by atoms with Gasteiger partial charge in [0.05, 0.1) is 17.7 Å². The molecule has 2 aromatic rings. The van der Waals surface area contributed by atoms with Crippen LogP contribution in [-0.4, -0.2) is 35.4 Å². The lowest BCUT2D eigenvalue weighted by atomic mass is 10.1. The van der Waals surface area contributed by atoms with Crippen LogP contribution in [0.1, 0.15) is 41.5 Å². The number of carbonyl (C=O) groups is 1. The Kier molecular flexibility index (Phi) is 6.27. The van der Waals surface area contributed by atoms with Gasteiger partial charge in [-0.2, -0.15) is 16.6 Å². The van der Waals surface area contributed by atoms with Gasteiger partial charge in [-0.15, -0.1) is 0 Å². The molecule has 0 fully saturated rings. The molecular weight excluding hydrogens is 308 g/mol. The van der Waals surface area contributed by atoms with E-state index in [1.165, 1.54) is 17.8 Å². The summed E-state index contributed by atoms with van der Waals surface area (Å²) in [4.78, 5) is 18.6. The van der Waals surface area contributed by atoms with Gasteiger partial charge in [0, 0.05) is 12.7 Å². The van der Waals surface area contributed by atoms with Gasteiger partial charge in [0.25, 0.3) is 5.91 Å². The minimum Gasteiger partial charge on any atom is -0.349 e. The lowest BCUT2D eigenvalue weighted by Gasteiger charge is -2.29. The molecule has 1 atom stereocenters. The third kappa shape index (κ3) is 4.38. The van der Waals surface area contributed by atoms with Crippen molar-refractivity contribution in [2.75, 3.05) is 19.6 Å². The highest BCUT2D eigenvalue weighted by Gasteiger charge is 2.20. The molecule has 5 nitrogen and oxygen atoms in total. The summed E-state index contributed by atoms with van der Waals surface area (Å²) in [7, 11) is 0. The normalized spacial score (nSPS) is 11.9. The average molecular weight is 328 g/mol. The van der Waals surface area contributed by atoms with Crippen molar-refractivity contribution in [3.63, 3.8) is 0 Å². The Morgan fingerprint density at radius 1 is 1.43 bits per heavy atom. The fraction of sp³-hybridized carbons (Fsp3) is 0.353. The van der Waals surface area contributed by atoms with E-state index in [9.17, 15) is 4.79 Å². The number of rotatable bonds is 7. The summed E-state index contributed by atoms with van der Waals surface area (Å²) in [5.74, 6) is -0.255. The maximum Gasteiger partial charge on any atom is 0.269 e. The van der Waals surface area contributed by atoms with Crippen molar-refractivity contribution in [2.45, 2.75) is 19.9 Å².